The lowest BCUT2D eigenvalue weighted by atomic mass is 9.98. The van der Waals surface area contributed by atoms with Crippen LogP contribution < -0.4 is 0 Å². The van der Waals surface area contributed by atoms with Crippen molar-refractivity contribution in [2.24, 2.45) is 0 Å². The molecule has 2 saturated heterocycles. The molecule has 0 radical (unpaired) electrons. The van der Waals surface area contributed by atoms with Gasteiger partial charge in [0.15, 0.2) is 12.6 Å². The smallest absolute Gasteiger partial charge is 0.305 e. The van der Waals surface area contributed by atoms with Crippen LogP contribution in [0.2, 0.25) is 0 Å². The van der Waals surface area contributed by atoms with E-state index in [2.05, 4.69) is 13.8 Å². The lowest BCUT2D eigenvalue weighted by molar-refractivity contribution is -0.376. The molecule has 2 rings (SSSR count). The first-order valence-electron chi connectivity index (χ1n) is 23.0. The zero-order chi connectivity index (χ0) is 41.7. The van der Waals surface area contributed by atoms with E-state index in [0.29, 0.717) is 12.8 Å². The number of carbonyl (C=O) groups is 2. The second-order valence-electron chi connectivity index (χ2n) is 16.5. The first-order valence-corrected chi connectivity index (χ1v) is 23.0. The van der Waals surface area contributed by atoms with Crippen molar-refractivity contribution < 1.29 is 63.9 Å². The molecule has 0 saturated carbocycles. The molecule has 57 heavy (non-hydrogen) atoms. The highest BCUT2D eigenvalue weighted by Gasteiger charge is 2.50. The minimum Gasteiger partial charge on any atom is -0.463 e. The first-order chi connectivity index (χ1) is 27.6. The van der Waals surface area contributed by atoms with Crippen molar-refractivity contribution in [3.63, 3.8) is 0 Å². The lowest BCUT2D eigenvalue weighted by Gasteiger charge is -2.44. The van der Waals surface area contributed by atoms with Gasteiger partial charge >= 0.3 is 11.9 Å². The summed E-state index contributed by atoms with van der Waals surface area (Å²) < 4.78 is 27.5. The SMILES string of the molecule is CCCCCCCCCCCCCCCC(=O)OC[C@H]1O[C@H](O[C@H]2O[C@H](COC(=O)CCCCCCCCCCCCCCC)[C@@H](O)[C@H](O)[C@H]2O)[C@H](O)[C@@H](O)[C@@H]1O. The van der Waals surface area contributed by atoms with Crippen molar-refractivity contribution in [1.82, 2.24) is 0 Å². The number of rotatable bonds is 34. The van der Waals surface area contributed by atoms with Crippen molar-refractivity contribution in [3.05, 3.63) is 0 Å². The van der Waals surface area contributed by atoms with E-state index in [9.17, 15) is 40.2 Å². The van der Waals surface area contributed by atoms with Crippen molar-refractivity contribution in [2.45, 2.75) is 255 Å². The quantitative estimate of drug-likeness (QED) is 0.0297. The summed E-state index contributed by atoms with van der Waals surface area (Å²) in [6.45, 7) is 3.62. The Labute approximate surface area is 343 Å². The molecule has 0 spiro atoms. The van der Waals surface area contributed by atoms with Gasteiger partial charge in [-0.25, -0.2) is 0 Å². The Hall–Kier alpha value is -1.42. The van der Waals surface area contributed by atoms with Crippen LogP contribution in [0.3, 0.4) is 0 Å². The molecule has 0 aromatic heterocycles. The number of aliphatic hydroxyl groups excluding tert-OH is 6. The van der Waals surface area contributed by atoms with Gasteiger partial charge in [-0.2, -0.15) is 0 Å². The number of hydrogen-bond acceptors (Lipinski definition) is 13. The maximum absolute atomic E-state index is 12.4. The van der Waals surface area contributed by atoms with Crippen LogP contribution in [0.25, 0.3) is 0 Å². The maximum atomic E-state index is 12.4. The Balaban J connectivity index is 1.65. The zero-order valence-corrected chi connectivity index (χ0v) is 35.5. The van der Waals surface area contributed by atoms with Crippen LogP contribution in [0, 0.1) is 0 Å². The van der Waals surface area contributed by atoms with E-state index < -0.39 is 86.6 Å². The molecule has 0 aromatic rings. The molecule has 0 aromatic carbocycles. The topological polar surface area (TPSA) is 202 Å². The molecule has 2 heterocycles. The van der Waals surface area contributed by atoms with Crippen LogP contribution in [0.5, 0.6) is 0 Å². The number of hydrogen-bond donors (Lipinski definition) is 6. The molecule has 0 aliphatic carbocycles. The van der Waals surface area contributed by atoms with Crippen LogP contribution in [0.1, 0.15) is 194 Å². The molecular formula is C44H82O13. The number of carbonyl (C=O) groups excluding carboxylic acids is 2. The second kappa shape index (κ2) is 32.4. The van der Waals surface area contributed by atoms with Crippen LogP contribution in [-0.4, -0.2) is 117 Å². The minimum atomic E-state index is -1.80. The van der Waals surface area contributed by atoms with Gasteiger partial charge in [0.2, 0.25) is 0 Å². The van der Waals surface area contributed by atoms with E-state index in [1.165, 1.54) is 116 Å². The number of aliphatic hydroxyl groups is 6. The third kappa shape index (κ3) is 22.1. The number of esters is 2. The van der Waals surface area contributed by atoms with Gasteiger partial charge in [-0.3, -0.25) is 9.59 Å². The Morgan fingerprint density at radius 2 is 0.649 bits per heavy atom. The summed E-state index contributed by atoms with van der Waals surface area (Å²) in [5.41, 5.74) is 0. The highest BCUT2D eigenvalue weighted by Crippen LogP contribution is 2.29. The van der Waals surface area contributed by atoms with Gasteiger partial charge in [-0.15, -0.1) is 0 Å². The van der Waals surface area contributed by atoms with Gasteiger partial charge in [0.05, 0.1) is 0 Å². The van der Waals surface area contributed by atoms with Crippen LogP contribution >= 0.6 is 0 Å². The molecule has 13 nitrogen and oxygen atoms in total. The standard InChI is InChI=1S/C44H82O13/c1-3-5-7-9-11-13-15-17-19-21-23-25-27-29-35(45)53-31-33-37(47)39(49)41(51)43(55-33)57-44-42(52)40(50)38(48)34(56-44)32-54-36(46)30-28-26-24-22-20-18-16-14-12-10-8-6-4-2/h33-34,37-44,47-52H,3-32H2,1-2H3/t33-,34-,37-,38-,39+,40+,41-,42-,43-,44-/m1/s1. The average Bonchev–Trinajstić information content (AvgIpc) is 3.20. The summed E-state index contributed by atoms with van der Waals surface area (Å²) in [5, 5.41) is 63.3. The normalized spacial score (nSPS) is 27.7. The summed E-state index contributed by atoms with van der Waals surface area (Å²) in [7, 11) is 0. The molecule has 336 valence electrons. The predicted octanol–water partition coefficient (Wildman–Crippen LogP) is 6.67. The summed E-state index contributed by atoms with van der Waals surface area (Å²) in [6.07, 6.45) is 14.9. The van der Waals surface area contributed by atoms with Gasteiger partial charge in [-0.05, 0) is 12.8 Å². The van der Waals surface area contributed by atoms with E-state index in [1.54, 1.807) is 0 Å². The Kier molecular flexibility index (Phi) is 29.4. The molecule has 2 aliphatic rings. The fourth-order valence-corrected chi connectivity index (χ4v) is 7.53. The molecule has 2 aliphatic heterocycles. The van der Waals surface area contributed by atoms with Crippen LogP contribution in [-0.2, 0) is 33.3 Å². The van der Waals surface area contributed by atoms with Crippen molar-refractivity contribution >= 4 is 11.9 Å². The van der Waals surface area contributed by atoms with E-state index in [1.807, 2.05) is 0 Å². The van der Waals surface area contributed by atoms with Crippen LogP contribution in [0.15, 0.2) is 0 Å². The Morgan fingerprint density at radius 1 is 0.386 bits per heavy atom. The van der Waals surface area contributed by atoms with E-state index in [4.69, 9.17) is 23.7 Å². The third-order valence-corrected chi connectivity index (χ3v) is 11.4. The molecule has 0 unspecified atom stereocenters. The monoisotopic (exact) mass is 819 g/mol. The van der Waals surface area contributed by atoms with Crippen molar-refractivity contribution in [3.8, 4) is 0 Å². The molecular weight excluding hydrogens is 736 g/mol. The minimum absolute atomic E-state index is 0.194. The van der Waals surface area contributed by atoms with E-state index in [-0.39, 0.29) is 12.8 Å². The van der Waals surface area contributed by atoms with Gasteiger partial charge < -0.3 is 54.3 Å². The zero-order valence-electron chi connectivity index (χ0n) is 35.5. The van der Waals surface area contributed by atoms with Crippen LogP contribution in [0.4, 0.5) is 0 Å². The van der Waals surface area contributed by atoms with E-state index >= 15 is 0 Å². The molecule has 6 N–H and O–H groups in total. The fraction of sp³-hybridized carbons (Fsp3) is 0.955. The number of ether oxygens (including phenoxy) is 5. The average molecular weight is 819 g/mol. The summed E-state index contributed by atoms with van der Waals surface area (Å²) in [4.78, 5) is 24.8. The molecule has 0 amide bonds. The van der Waals surface area contributed by atoms with Gasteiger partial charge in [0.1, 0.15) is 62.0 Å². The Morgan fingerprint density at radius 3 is 0.930 bits per heavy atom. The molecule has 2 fully saturated rings. The van der Waals surface area contributed by atoms with Gasteiger partial charge in [0.25, 0.3) is 0 Å². The maximum Gasteiger partial charge on any atom is 0.305 e. The van der Waals surface area contributed by atoms with Gasteiger partial charge in [0, 0.05) is 12.8 Å². The highest BCUT2D eigenvalue weighted by molar-refractivity contribution is 5.69. The highest BCUT2D eigenvalue weighted by atomic mass is 16.8. The third-order valence-electron chi connectivity index (χ3n) is 11.4. The molecule has 13 heteroatoms. The van der Waals surface area contributed by atoms with Crippen molar-refractivity contribution in [2.75, 3.05) is 13.2 Å². The second-order valence-corrected chi connectivity index (χ2v) is 16.5. The Bertz CT molecular complexity index is 925. The van der Waals surface area contributed by atoms with Crippen molar-refractivity contribution in [1.29, 1.82) is 0 Å². The summed E-state index contributed by atoms with van der Waals surface area (Å²) >= 11 is 0. The fourth-order valence-electron chi connectivity index (χ4n) is 7.53. The predicted molar refractivity (Wildman–Crippen MR) is 217 cm³/mol. The largest absolute Gasteiger partial charge is 0.463 e. The molecule has 10 atom stereocenters. The first kappa shape index (κ1) is 51.7. The summed E-state index contributed by atoms with van der Waals surface area (Å²) in [6, 6.07) is 0. The summed E-state index contributed by atoms with van der Waals surface area (Å²) in [5.74, 6) is -0.969. The molecule has 0 bridgehead atoms. The van der Waals surface area contributed by atoms with Gasteiger partial charge in [-0.1, -0.05) is 168 Å². The lowest BCUT2D eigenvalue weighted by Crippen LogP contribution is -2.64. The van der Waals surface area contributed by atoms with E-state index in [0.717, 1.165) is 38.5 Å². The number of unbranched alkanes of at least 4 members (excludes halogenated alkanes) is 24.